The average Bonchev–Trinajstić information content (AvgIpc) is 3.54. The van der Waals surface area contributed by atoms with Crippen molar-refractivity contribution in [2.24, 2.45) is 5.92 Å². The second-order valence-electron chi connectivity index (χ2n) is 9.81. The van der Waals surface area contributed by atoms with Gasteiger partial charge in [-0.05, 0) is 81.3 Å². The topological polar surface area (TPSA) is 80.3 Å². The lowest BCUT2D eigenvalue weighted by Crippen LogP contribution is -2.42. The lowest BCUT2D eigenvalue weighted by Gasteiger charge is -2.31. The van der Waals surface area contributed by atoms with E-state index in [-0.39, 0.29) is 29.6 Å². The monoisotopic (exact) mass is 505 g/mol. The fourth-order valence-corrected chi connectivity index (χ4v) is 4.50. The summed E-state index contributed by atoms with van der Waals surface area (Å²) in [7, 11) is 0. The molecule has 0 saturated heterocycles. The van der Waals surface area contributed by atoms with Crippen LogP contribution in [-0.2, 0) is 4.74 Å². The molecule has 2 N–H and O–H groups in total. The van der Waals surface area contributed by atoms with Crippen molar-refractivity contribution >= 4 is 44.4 Å². The second-order valence-corrected chi connectivity index (χ2v) is 10.7. The molecule has 0 aliphatic heterocycles. The summed E-state index contributed by atoms with van der Waals surface area (Å²) in [6, 6.07) is 3.29. The Morgan fingerprint density at radius 3 is 2.38 bits per heavy atom. The number of halogens is 2. The molecule has 4 rings (SSSR count). The van der Waals surface area contributed by atoms with Crippen LogP contribution in [0.15, 0.2) is 22.8 Å². The normalized spacial score (nSPS) is 21.3. The zero-order valence-corrected chi connectivity index (χ0v) is 20.2. The van der Waals surface area contributed by atoms with Gasteiger partial charge in [0, 0.05) is 35.7 Å². The number of hydrogen-bond donors (Lipinski definition) is 2. The van der Waals surface area contributed by atoms with Gasteiger partial charge in [0.2, 0.25) is 0 Å². The van der Waals surface area contributed by atoms with E-state index < -0.39 is 11.7 Å². The molecule has 0 spiro atoms. The Kier molecular flexibility index (Phi) is 6.43. The van der Waals surface area contributed by atoms with Gasteiger partial charge >= 0.3 is 6.09 Å². The summed E-state index contributed by atoms with van der Waals surface area (Å²) < 4.78 is 19.8. The Morgan fingerprint density at radius 1 is 1.09 bits per heavy atom. The van der Waals surface area contributed by atoms with Gasteiger partial charge in [-0.3, -0.25) is 9.78 Å². The quantitative estimate of drug-likeness (QED) is 0.488. The summed E-state index contributed by atoms with van der Waals surface area (Å²) in [6.45, 7) is 5.53. The number of ketones is 1. The van der Waals surface area contributed by atoms with Crippen LogP contribution in [0, 0.1) is 11.7 Å². The first-order chi connectivity index (χ1) is 15.1. The lowest BCUT2D eigenvalue weighted by atomic mass is 9.90. The number of Topliss-reactive ketones (excluding diaryl/α,β-unsaturated/α-hetero) is 1. The minimum absolute atomic E-state index is 0.0625. The Balaban J connectivity index is 1.50. The van der Waals surface area contributed by atoms with Gasteiger partial charge in [-0.15, -0.1) is 0 Å². The van der Waals surface area contributed by atoms with Crippen LogP contribution < -0.4 is 10.6 Å². The van der Waals surface area contributed by atoms with Crippen molar-refractivity contribution in [2.75, 3.05) is 5.32 Å². The number of carbonyl (C=O) groups is 2. The summed E-state index contributed by atoms with van der Waals surface area (Å²) in [6.07, 6.45) is 6.30. The molecular weight excluding hydrogens is 477 g/mol. The van der Waals surface area contributed by atoms with Crippen molar-refractivity contribution in [2.45, 2.75) is 77.0 Å². The van der Waals surface area contributed by atoms with Gasteiger partial charge in [-0.2, -0.15) is 0 Å². The van der Waals surface area contributed by atoms with E-state index in [2.05, 4.69) is 31.5 Å². The molecule has 32 heavy (non-hydrogen) atoms. The van der Waals surface area contributed by atoms with E-state index in [1.54, 1.807) is 12.3 Å². The number of rotatable bonds is 5. The van der Waals surface area contributed by atoms with E-state index in [1.165, 1.54) is 6.07 Å². The molecule has 0 unspecified atom stereocenters. The number of carbonyl (C=O) groups excluding carboxylic acids is 2. The number of aromatic nitrogens is 1. The molecule has 172 valence electrons. The number of amides is 1. The number of pyridine rings is 1. The van der Waals surface area contributed by atoms with Crippen LogP contribution in [0.4, 0.5) is 14.9 Å². The smallest absolute Gasteiger partial charge is 0.407 e. The molecule has 1 aromatic heterocycles. The van der Waals surface area contributed by atoms with Gasteiger partial charge in [-0.25, -0.2) is 9.18 Å². The third-order valence-electron chi connectivity index (χ3n) is 5.92. The van der Waals surface area contributed by atoms with Crippen LogP contribution in [-0.4, -0.2) is 34.5 Å². The Bertz CT molecular complexity index is 1040. The Labute approximate surface area is 195 Å². The lowest BCUT2D eigenvalue weighted by molar-refractivity contribution is 0.0492. The number of fused-ring (bicyclic) bond motifs is 1. The van der Waals surface area contributed by atoms with Crippen molar-refractivity contribution in [1.29, 1.82) is 0 Å². The molecule has 1 amide bonds. The third-order valence-corrected chi connectivity index (χ3v) is 6.53. The van der Waals surface area contributed by atoms with Gasteiger partial charge in [0.05, 0.1) is 21.2 Å². The molecule has 2 fully saturated rings. The predicted octanol–water partition coefficient (Wildman–Crippen LogP) is 5.98. The molecule has 0 bridgehead atoms. The maximum Gasteiger partial charge on any atom is 0.407 e. The van der Waals surface area contributed by atoms with Gasteiger partial charge < -0.3 is 15.4 Å². The number of anilines is 1. The first kappa shape index (κ1) is 23.0. The van der Waals surface area contributed by atoms with Gasteiger partial charge in [0.25, 0.3) is 0 Å². The van der Waals surface area contributed by atoms with Crippen LogP contribution in [0.5, 0.6) is 0 Å². The van der Waals surface area contributed by atoms with Crippen molar-refractivity contribution in [3.63, 3.8) is 0 Å². The second kappa shape index (κ2) is 8.96. The van der Waals surface area contributed by atoms with E-state index in [0.29, 0.717) is 15.6 Å². The van der Waals surface area contributed by atoms with Crippen molar-refractivity contribution < 1.29 is 18.7 Å². The van der Waals surface area contributed by atoms with Crippen LogP contribution in [0.2, 0.25) is 0 Å². The van der Waals surface area contributed by atoms with E-state index >= 15 is 0 Å². The van der Waals surface area contributed by atoms with E-state index in [0.717, 1.165) is 49.6 Å². The maximum atomic E-state index is 14.1. The maximum absolute atomic E-state index is 14.1. The molecule has 1 aromatic carbocycles. The minimum atomic E-state index is -0.524. The summed E-state index contributed by atoms with van der Waals surface area (Å²) in [5.41, 5.74) is 1.30. The van der Waals surface area contributed by atoms with E-state index in [1.807, 2.05) is 20.8 Å². The number of nitrogens with one attached hydrogen (secondary N) is 2. The fraction of sp³-hybridized carbons (Fsp3) is 0.542. The van der Waals surface area contributed by atoms with E-state index in [9.17, 15) is 14.0 Å². The molecule has 6 nitrogen and oxygen atoms in total. The van der Waals surface area contributed by atoms with E-state index in [4.69, 9.17) is 4.74 Å². The predicted molar refractivity (Wildman–Crippen MR) is 125 cm³/mol. The Hall–Kier alpha value is -2.22. The summed E-state index contributed by atoms with van der Waals surface area (Å²) in [5.74, 6) is -0.221. The van der Waals surface area contributed by atoms with Crippen molar-refractivity contribution in [3.8, 4) is 0 Å². The first-order valence-electron chi connectivity index (χ1n) is 11.2. The highest BCUT2D eigenvalue weighted by Crippen LogP contribution is 2.38. The van der Waals surface area contributed by atoms with Gasteiger partial charge in [0.1, 0.15) is 11.4 Å². The summed E-state index contributed by atoms with van der Waals surface area (Å²) in [4.78, 5) is 29.4. The van der Waals surface area contributed by atoms with Gasteiger partial charge in [0.15, 0.2) is 5.78 Å². The average molecular weight is 506 g/mol. The molecule has 0 atom stereocenters. The van der Waals surface area contributed by atoms with Gasteiger partial charge in [-0.1, -0.05) is 0 Å². The number of ether oxygens (including phenoxy) is 1. The minimum Gasteiger partial charge on any atom is -0.444 e. The van der Waals surface area contributed by atoms with Crippen LogP contribution in [0.25, 0.3) is 10.9 Å². The summed E-state index contributed by atoms with van der Waals surface area (Å²) in [5, 5.41) is 7.26. The molecule has 8 heteroatoms. The molecule has 2 aromatic rings. The molecule has 2 saturated carbocycles. The largest absolute Gasteiger partial charge is 0.444 e. The standard InChI is InChI=1S/C24H29BrFN3O3/c1-24(2,3)32-23(31)29-15-8-6-14(7-9-15)28-21-16-10-18(25)19(26)11-20(16)27-12-17(21)22(30)13-4-5-13/h10-15H,4-9H2,1-3H3,(H,27,28)(H,29,31)/t14-,15-. The SMILES string of the molecule is CC(C)(C)OC(=O)N[C@H]1CC[C@H](Nc2c(C(=O)C3CC3)cnc3cc(F)c(Br)cc23)CC1. The molecule has 0 radical (unpaired) electrons. The molecular formula is C24H29BrFN3O3. The number of hydrogen-bond acceptors (Lipinski definition) is 5. The molecule has 2 aliphatic carbocycles. The zero-order valence-electron chi connectivity index (χ0n) is 18.6. The highest BCUT2D eigenvalue weighted by molar-refractivity contribution is 9.10. The van der Waals surface area contributed by atoms with Crippen molar-refractivity contribution in [1.82, 2.24) is 10.3 Å². The zero-order chi connectivity index (χ0) is 23.0. The highest BCUT2D eigenvalue weighted by Gasteiger charge is 2.33. The number of nitrogens with zero attached hydrogens (tertiary/aromatic N) is 1. The molecule has 2 aliphatic rings. The first-order valence-corrected chi connectivity index (χ1v) is 12.0. The van der Waals surface area contributed by atoms with Crippen molar-refractivity contribution in [3.05, 3.63) is 34.2 Å². The summed E-state index contributed by atoms with van der Waals surface area (Å²) >= 11 is 3.26. The number of alkyl carbamates (subject to hydrolysis) is 1. The Morgan fingerprint density at radius 2 is 1.75 bits per heavy atom. The third kappa shape index (κ3) is 5.39. The fourth-order valence-electron chi connectivity index (χ4n) is 4.16. The van der Waals surface area contributed by atoms with Crippen LogP contribution in [0.1, 0.15) is 69.7 Å². The highest BCUT2D eigenvalue weighted by atomic mass is 79.9. The molecule has 1 heterocycles. The van der Waals surface area contributed by atoms with Crippen LogP contribution >= 0.6 is 15.9 Å². The van der Waals surface area contributed by atoms with Crippen LogP contribution in [0.3, 0.4) is 0 Å². The number of benzene rings is 1.